The van der Waals surface area contributed by atoms with Gasteiger partial charge in [-0.3, -0.25) is 4.90 Å². The fraction of sp³-hybridized carbons (Fsp3) is 0.125. The summed E-state index contributed by atoms with van der Waals surface area (Å²) in [5.74, 6) is 0.935. The number of fused-ring (bicyclic) bond motifs is 6. The molecule has 3 aromatic rings. The van der Waals surface area contributed by atoms with E-state index in [2.05, 4.69) is 21.6 Å². The van der Waals surface area contributed by atoms with Crippen LogP contribution in [0.2, 0.25) is 0 Å². The first-order chi connectivity index (χ1) is 10.4. The molecule has 102 valence electrons. The average molecular weight is 295 g/mol. The highest BCUT2D eigenvalue weighted by Gasteiger charge is 2.34. The second-order valence-electron chi connectivity index (χ2n) is 5.12. The van der Waals surface area contributed by atoms with E-state index in [9.17, 15) is 0 Å². The summed E-state index contributed by atoms with van der Waals surface area (Å²) in [4.78, 5) is 2.24. The summed E-state index contributed by atoms with van der Waals surface area (Å²) in [7, 11) is 0.972. The summed E-state index contributed by atoms with van der Waals surface area (Å²) in [6.07, 6.45) is 0. The number of ether oxygens (including phenoxy) is 1. The van der Waals surface area contributed by atoms with Gasteiger partial charge >= 0.3 is 5.63 Å². The third-order valence-electron chi connectivity index (χ3n) is 3.91. The Bertz CT molecular complexity index is 900. The first kappa shape index (κ1) is 11.4. The van der Waals surface area contributed by atoms with Crippen LogP contribution in [0.5, 0.6) is 5.75 Å². The van der Waals surface area contributed by atoms with Crippen LogP contribution >= 0.6 is 8.20 Å². The minimum Gasteiger partial charge on any atom is -0.434 e. The predicted octanol–water partition coefficient (Wildman–Crippen LogP) is 2.29. The quantitative estimate of drug-likeness (QED) is 0.471. The topological polar surface area (TPSA) is 29.5 Å². The minimum atomic E-state index is 0.889. The number of anilines is 1. The van der Waals surface area contributed by atoms with Gasteiger partial charge in [0.2, 0.25) is 11.2 Å². The van der Waals surface area contributed by atoms with Gasteiger partial charge in [-0.15, -0.1) is 0 Å². The lowest BCUT2D eigenvalue weighted by atomic mass is 10.3. The summed E-state index contributed by atoms with van der Waals surface area (Å²) in [6.45, 7) is 1.78. The molecule has 5 rings (SSSR count). The number of oxazole rings is 1. The van der Waals surface area contributed by atoms with Crippen molar-refractivity contribution >= 4 is 36.2 Å². The van der Waals surface area contributed by atoms with Gasteiger partial charge < -0.3 is 9.15 Å². The Morgan fingerprint density at radius 1 is 1.05 bits per heavy atom. The van der Waals surface area contributed by atoms with Gasteiger partial charge in [0.05, 0.1) is 12.2 Å². The van der Waals surface area contributed by atoms with Crippen molar-refractivity contribution in [2.45, 2.75) is 6.54 Å². The van der Waals surface area contributed by atoms with E-state index in [-0.39, 0.29) is 0 Å². The maximum Gasteiger partial charge on any atom is 0.404 e. The smallest absolute Gasteiger partial charge is 0.404 e. The molecule has 0 bridgehead atoms. The third kappa shape index (κ3) is 1.57. The van der Waals surface area contributed by atoms with Crippen LogP contribution < -0.4 is 19.8 Å². The van der Waals surface area contributed by atoms with E-state index in [0.717, 1.165) is 55.1 Å². The van der Waals surface area contributed by atoms with Crippen molar-refractivity contribution in [1.29, 1.82) is 0 Å². The molecule has 2 aromatic carbocycles. The highest BCUT2D eigenvalue weighted by molar-refractivity contribution is 7.48. The summed E-state index contributed by atoms with van der Waals surface area (Å²) in [5, 5.41) is 0. The summed E-state index contributed by atoms with van der Waals surface area (Å²) >= 11 is 0. The molecule has 3 heterocycles. The van der Waals surface area contributed by atoms with Crippen molar-refractivity contribution in [2.24, 2.45) is 0 Å². The largest absolute Gasteiger partial charge is 0.434 e. The molecule has 0 unspecified atom stereocenters. The molecule has 1 aromatic heterocycles. The lowest BCUT2D eigenvalue weighted by Gasteiger charge is -2.13. The third-order valence-corrected chi connectivity index (χ3v) is 4.96. The Morgan fingerprint density at radius 2 is 1.90 bits per heavy atom. The molecule has 2 aliphatic rings. The Labute approximate surface area is 123 Å². The van der Waals surface area contributed by atoms with Crippen LogP contribution in [0.15, 0.2) is 52.9 Å². The van der Waals surface area contributed by atoms with Crippen LogP contribution in [0.4, 0.5) is 5.69 Å². The monoisotopic (exact) mass is 295 g/mol. The van der Waals surface area contributed by atoms with Crippen LogP contribution in [0, 0.1) is 0 Å². The fourth-order valence-corrected chi connectivity index (χ4v) is 4.03. The number of para-hydroxylation sites is 4. The van der Waals surface area contributed by atoms with Crippen molar-refractivity contribution in [3.05, 3.63) is 48.5 Å². The Morgan fingerprint density at radius 3 is 2.90 bits per heavy atom. The number of rotatable bonds is 0. The van der Waals surface area contributed by atoms with Crippen LogP contribution in [0.3, 0.4) is 0 Å². The number of nitrogens with zero attached hydrogens (tertiary/aromatic N) is 2. The molecule has 0 aliphatic carbocycles. The van der Waals surface area contributed by atoms with E-state index in [1.165, 1.54) is 0 Å². The van der Waals surface area contributed by atoms with Gasteiger partial charge in [-0.25, -0.2) is 0 Å². The molecule has 0 amide bonds. The van der Waals surface area contributed by atoms with Crippen molar-refractivity contribution in [3.63, 3.8) is 0 Å². The van der Waals surface area contributed by atoms with Gasteiger partial charge in [0.15, 0.2) is 12.3 Å². The Hall–Kier alpha value is -2.32. The fourth-order valence-electron chi connectivity index (χ4n) is 2.93. The molecule has 0 spiro atoms. The molecule has 0 fully saturated rings. The highest BCUT2D eigenvalue weighted by Crippen LogP contribution is 2.36. The zero-order valence-corrected chi connectivity index (χ0v) is 12.1. The normalized spacial score (nSPS) is 16.6. The van der Waals surface area contributed by atoms with Crippen molar-refractivity contribution in [1.82, 2.24) is 0 Å². The van der Waals surface area contributed by atoms with Gasteiger partial charge in [-0.05, 0) is 18.2 Å². The Kier molecular flexibility index (Phi) is 2.21. The van der Waals surface area contributed by atoms with Gasteiger partial charge in [0.25, 0.3) is 5.52 Å². The lowest BCUT2D eigenvalue weighted by Crippen LogP contribution is -2.46. The summed E-state index contributed by atoms with van der Waals surface area (Å²) < 4.78 is 14.2. The average Bonchev–Trinajstić information content (AvgIpc) is 2.98. The molecule has 5 heteroatoms. The number of benzene rings is 2. The van der Waals surface area contributed by atoms with Gasteiger partial charge in [0.1, 0.15) is 8.20 Å². The van der Waals surface area contributed by atoms with Gasteiger partial charge in [-0.1, -0.05) is 24.3 Å². The molecule has 2 aliphatic heterocycles. The molecule has 0 saturated carbocycles. The van der Waals surface area contributed by atoms with Crippen LogP contribution in [-0.2, 0) is 6.54 Å². The maximum atomic E-state index is 6.00. The van der Waals surface area contributed by atoms with E-state index in [4.69, 9.17) is 9.15 Å². The number of hydrogen-bond acceptors (Lipinski definition) is 3. The van der Waals surface area contributed by atoms with E-state index < -0.39 is 0 Å². The van der Waals surface area contributed by atoms with E-state index in [0.29, 0.717) is 0 Å². The van der Waals surface area contributed by atoms with Crippen LogP contribution in [0.1, 0.15) is 0 Å². The maximum absolute atomic E-state index is 6.00. The second kappa shape index (κ2) is 4.09. The summed E-state index contributed by atoms with van der Waals surface area (Å²) in [5.41, 5.74) is 5.10. The Balaban J connectivity index is 1.69. The predicted molar refractivity (Wildman–Crippen MR) is 82.4 cm³/mol. The van der Waals surface area contributed by atoms with Crippen LogP contribution in [0.25, 0.3) is 11.1 Å². The van der Waals surface area contributed by atoms with E-state index in [1.54, 1.807) is 0 Å². The first-order valence-electron chi connectivity index (χ1n) is 6.95. The molecular weight excluding hydrogens is 283 g/mol. The molecule has 0 saturated heterocycles. The zero-order chi connectivity index (χ0) is 13.8. The van der Waals surface area contributed by atoms with E-state index >= 15 is 0 Å². The minimum absolute atomic E-state index is 0.889. The molecule has 4 nitrogen and oxygen atoms in total. The van der Waals surface area contributed by atoms with Gasteiger partial charge in [0, 0.05) is 6.07 Å². The lowest BCUT2D eigenvalue weighted by molar-refractivity contribution is -0.653. The second-order valence-corrected chi connectivity index (χ2v) is 6.11. The van der Waals surface area contributed by atoms with Crippen LogP contribution in [-0.4, -0.2) is 12.1 Å². The highest BCUT2D eigenvalue weighted by atomic mass is 31.1. The van der Waals surface area contributed by atoms with Crippen molar-refractivity contribution < 1.29 is 13.7 Å². The molecule has 0 radical (unpaired) electrons. The van der Waals surface area contributed by atoms with E-state index in [1.807, 2.05) is 36.4 Å². The number of hydrogen-bond donors (Lipinski definition) is 0. The SMILES string of the molecule is c1ccc2c(c1)OC1=Pc3oc4ccccc4[n+]3CCN12. The van der Waals surface area contributed by atoms with Gasteiger partial charge in [-0.2, -0.15) is 4.57 Å². The first-order valence-corrected chi connectivity index (χ1v) is 7.84. The zero-order valence-electron chi connectivity index (χ0n) is 11.2. The molecule has 21 heavy (non-hydrogen) atoms. The molecular formula is C16H12N2O2P+. The molecule has 0 atom stereocenters. The van der Waals surface area contributed by atoms with Crippen molar-refractivity contribution in [2.75, 3.05) is 11.4 Å². The standard InChI is InChI=1S/C16H12N2O2P/c1-3-7-13-11(5-1)17-9-10-18-12-6-2-4-8-14(12)20-16(18)21-15(17)19-13/h1-8H,9-10H2/q+1. The van der Waals surface area contributed by atoms with Crippen molar-refractivity contribution in [3.8, 4) is 5.75 Å². The number of aromatic nitrogens is 1. The summed E-state index contributed by atoms with van der Waals surface area (Å²) in [6, 6.07) is 16.3. The molecule has 0 N–H and O–H groups in total.